The van der Waals surface area contributed by atoms with Gasteiger partial charge in [-0.3, -0.25) is 4.79 Å². The lowest BCUT2D eigenvalue weighted by Gasteiger charge is -2.25. The number of amides is 1. The number of benzene rings is 1. The molecule has 4 rings (SSSR count). The number of hydrogen-bond acceptors (Lipinski definition) is 7. The zero-order valence-corrected chi connectivity index (χ0v) is 18.9. The van der Waals surface area contributed by atoms with Gasteiger partial charge in [-0.05, 0) is 44.4 Å². The second kappa shape index (κ2) is 9.03. The number of rotatable bonds is 7. The van der Waals surface area contributed by atoms with Gasteiger partial charge in [0.25, 0.3) is 0 Å². The Morgan fingerprint density at radius 3 is 2.65 bits per heavy atom. The van der Waals surface area contributed by atoms with E-state index in [1.54, 1.807) is 22.3 Å². The van der Waals surface area contributed by atoms with E-state index >= 15 is 0 Å². The SMILES string of the molecule is Cc1oc(-c2cccs2)nc1CC(=O)N(Cc1nnc(-c2ccccc2Cl)o1)C(C)C. The number of hydrogen-bond donors (Lipinski definition) is 0. The summed E-state index contributed by atoms with van der Waals surface area (Å²) < 4.78 is 11.5. The number of nitrogens with zero attached hydrogens (tertiary/aromatic N) is 4. The molecule has 0 aliphatic heterocycles. The molecular formula is C22H21ClN4O3S. The van der Waals surface area contributed by atoms with E-state index < -0.39 is 0 Å². The minimum Gasteiger partial charge on any atom is -0.440 e. The Hall–Kier alpha value is -2.97. The van der Waals surface area contributed by atoms with Crippen LogP contribution in [-0.2, 0) is 17.8 Å². The molecule has 0 atom stereocenters. The zero-order valence-electron chi connectivity index (χ0n) is 17.3. The first-order valence-corrected chi connectivity index (χ1v) is 11.0. The number of halogens is 1. The van der Waals surface area contributed by atoms with E-state index in [1.807, 2.05) is 56.5 Å². The predicted octanol–water partition coefficient (Wildman–Crippen LogP) is 5.39. The van der Waals surface area contributed by atoms with Gasteiger partial charge in [-0.25, -0.2) is 4.98 Å². The Labute approximate surface area is 188 Å². The van der Waals surface area contributed by atoms with Gasteiger partial charge in [-0.15, -0.1) is 21.5 Å². The van der Waals surface area contributed by atoms with Crippen LogP contribution >= 0.6 is 22.9 Å². The number of thiophene rings is 1. The first-order valence-electron chi connectivity index (χ1n) is 9.79. The fourth-order valence-corrected chi connectivity index (χ4v) is 3.97. The third kappa shape index (κ3) is 4.70. The van der Waals surface area contributed by atoms with E-state index in [-0.39, 0.29) is 24.9 Å². The topological polar surface area (TPSA) is 85.3 Å². The number of carbonyl (C=O) groups is 1. The molecule has 3 aromatic heterocycles. The molecule has 1 aromatic carbocycles. The zero-order chi connectivity index (χ0) is 22.0. The van der Waals surface area contributed by atoms with Crippen LogP contribution in [0.25, 0.3) is 22.2 Å². The monoisotopic (exact) mass is 456 g/mol. The van der Waals surface area contributed by atoms with Crippen LogP contribution in [0.5, 0.6) is 0 Å². The van der Waals surface area contributed by atoms with Crippen LogP contribution in [-0.4, -0.2) is 32.0 Å². The van der Waals surface area contributed by atoms with Gasteiger partial charge in [0.2, 0.25) is 23.6 Å². The van der Waals surface area contributed by atoms with Crippen LogP contribution in [0, 0.1) is 6.92 Å². The van der Waals surface area contributed by atoms with Crippen LogP contribution in [0.2, 0.25) is 5.02 Å². The summed E-state index contributed by atoms with van der Waals surface area (Å²) in [5, 5.41) is 10.7. The summed E-state index contributed by atoms with van der Waals surface area (Å²) in [7, 11) is 0. The molecule has 7 nitrogen and oxygen atoms in total. The van der Waals surface area contributed by atoms with Gasteiger partial charge in [-0.2, -0.15) is 0 Å². The van der Waals surface area contributed by atoms with Crippen molar-refractivity contribution >= 4 is 28.8 Å². The van der Waals surface area contributed by atoms with Crippen molar-refractivity contribution in [3.8, 4) is 22.2 Å². The maximum atomic E-state index is 13.1. The van der Waals surface area contributed by atoms with Gasteiger partial charge >= 0.3 is 0 Å². The van der Waals surface area contributed by atoms with Crippen molar-refractivity contribution in [1.82, 2.24) is 20.1 Å². The maximum absolute atomic E-state index is 13.1. The van der Waals surface area contributed by atoms with E-state index in [4.69, 9.17) is 20.4 Å². The number of carbonyl (C=O) groups excluding carboxylic acids is 1. The average molecular weight is 457 g/mol. The van der Waals surface area contributed by atoms with Gasteiger partial charge in [0.05, 0.1) is 34.1 Å². The summed E-state index contributed by atoms with van der Waals surface area (Å²) in [5.74, 6) is 1.74. The predicted molar refractivity (Wildman–Crippen MR) is 119 cm³/mol. The summed E-state index contributed by atoms with van der Waals surface area (Å²) in [6.07, 6.45) is 0.129. The van der Waals surface area contributed by atoms with E-state index in [0.29, 0.717) is 39.7 Å². The second-order valence-corrected chi connectivity index (χ2v) is 8.63. The Kier molecular flexibility index (Phi) is 6.20. The van der Waals surface area contributed by atoms with Crippen molar-refractivity contribution in [2.75, 3.05) is 0 Å². The third-order valence-electron chi connectivity index (χ3n) is 4.76. The fraction of sp³-hybridized carbons (Fsp3) is 0.273. The van der Waals surface area contributed by atoms with Crippen LogP contribution in [0.4, 0.5) is 0 Å². The minimum absolute atomic E-state index is 0.0628. The second-order valence-electron chi connectivity index (χ2n) is 7.27. The molecule has 1 amide bonds. The van der Waals surface area contributed by atoms with Gasteiger partial charge < -0.3 is 13.7 Å². The lowest BCUT2D eigenvalue weighted by molar-refractivity contribution is -0.133. The summed E-state index contributed by atoms with van der Waals surface area (Å²) in [5.41, 5.74) is 1.28. The van der Waals surface area contributed by atoms with Crippen molar-refractivity contribution in [2.45, 2.75) is 39.8 Å². The molecule has 0 aliphatic rings. The summed E-state index contributed by atoms with van der Waals surface area (Å²) in [4.78, 5) is 20.2. The van der Waals surface area contributed by atoms with Gasteiger partial charge in [-0.1, -0.05) is 29.8 Å². The van der Waals surface area contributed by atoms with E-state index in [1.165, 1.54) is 0 Å². The standard InChI is InChI=1S/C22H21ClN4O3S/c1-13(2)27(12-19-25-26-21(30-19)15-7-4-5-8-16(15)23)20(28)11-17-14(3)29-22(24-17)18-9-6-10-31-18/h4-10,13H,11-12H2,1-3H3. The van der Waals surface area contributed by atoms with Gasteiger partial charge in [0.1, 0.15) is 5.76 Å². The molecule has 0 saturated heterocycles. The first kappa shape index (κ1) is 21.3. The Morgan fingerprint density at radius 2 is 1.94 bits per heavy atom. The fourth-order valence-electron chi connectivity index (χ4n) is 3.11. The van der Waals surface area contributed by atoms with Crippen molar-refractivity contribution in [2.24, 2.45) is 0 Å². The highest BCUT2D eigenvalue weighted by atomic mass is 35.5. The normalized spacial score (nSPS) is 11.3. The lowest BCUT2D eigenvalue weighted by Crippen LogP contribution is -2.37. The van der Waals surface area contributed by atoms with Crippen LogP contribution < -0.4 is 0 Å². The molecule has 0 saturated carbocycles. The molecule has 0 fully saturated rings. The van der Waals surface area contributed by atoms with E-state index in [0.717, 1.165) is 4.88 Å². The van der Waals surface area contributed by atoms with Crippen LogP contribution in [0.1, 0.15) is 31.2 Å². The van der Waals surface area contributed by atoms with E-state index in [9.17, 15) is 4.79 Å². The highest BCUT2D eigenvalue weighted by Crippen LogP contribution is 2.28. The summed E-state index contributed by atoms with van der Waals surface area (Å²) >= 11 is 7.75. The lowest BCUT2D eigenvalue weighted by atomic mass is 10.2. The molecule has 0 spiro atoms. The van der Waals surface area contributed by atoms with Crippen LogP contribution in [0.3, 0.4) is 0 Å². The third-order valence-corrected chi connectivity index (χ3v) is 5.95. The molecule has 0 bridgehead atoms. The molecule has 3 heterocycles. The highest BCUT2D eigenvalue weighted by Gasteiger charge is 2.24. The van der Waals surface area contributed by atoms with Gasteiger partial charge in [0.15, 0.2) is 0 Å². The Balaban J connectivity index is 1.50. The Morgan fingerprint density at radius 1 is 1.13 bits per heavy atom. The Bertz CT molecular complexity index is 1180. The first-order chi connectivity index (χ1) is 14.9. The minimum atomic E-state index is -0.0957. The van der Waals surface area contributed by atoms with Gasteiger partial charge in [0, 0.05) is 6.04 Å². The van der Waals surface area contributed by atoms with Crippen LogP contribution in [0.15, 0.2) is 50.6 Å². The van der Waals surface area contributed by atoms with Crippen molar-refractivity contribution in [3.63, 3.8) is 0 Å². The highest BCUT2D eigenvalue weighted by molar-refractivity contribution is 7.13. The average Bonchev–Trinajstić information content (AvgIpc) is 3.48. The van der Waals surface area contributed by atoms with E-state index in [2.05, 4.69) is 15.2 Å². The molecule has 160 valence electrons. The summed E-state index contributed by atoms with van der Waals surface area (Å²) in [6.45, 7) is 5.90. The smallest absolute Gasteiger partial charge is 0.249 e. The molecular weight excluding hydrogens is 436 g/mol. The molecule has 0 aliphatic carbocycles. The number of aromatic nitrogens is 3. The molecule has 0 unspecified atom stereocenters. The van der Waals surface area contributed by atoms with Crippen molar-refractivity contribution in [3.05, 3.63) is 64.1 Å². The molecule has 31 heavy (non-hydrogen) atoms. The molecule has 4 aromatic rings. The van der Waals surface area contributed by atoms with Crippen molar-refractivity contribution < 1.29 is 13.6 Å². The van der Waals surface area contributed by atoms with Crippen molar-refractivity contribution in [1.29, 1.82) is 0 Å². The molecule has 0 N–H and O–H groups in total. The quantitative estimate of drug-likeness (QED) is 0.370. The largest absolute Gasteiger partial charge is 0.440 e. The molecule has 9 heteroatoms. The maximum Gasteiger partial charge on any atom is 0.249 e. The molecule has 0 radical (unpaired) electrons. The summed E-state index contributed by atoms with van der Waals surface area (Å²) in [6, 6.07) is 11.1. The number of oxazole rings is 1. The number of aryl methyl sites for hydroxylation is 1.